The Hall–Kier alpha value is -2.39. The maximum atomic E-state index is 5.45. The summed E-state index contributed by atoms with van der Waals surface area (Å²) in [7, 11) is 0. The fraction of sp³-hybridized carbons (Fsp3) is 0.150. The van der Waals surface area contributed by atoms with Gasteiger partial charge in [-0.25, -0.2) is 0 Å². The lowest BCUT2D eigenvalue weighted by Gasteiger charge is -2.19. The summed E-state index contributed by atoms with van der Waals surface area (Å²) in [6.07, 6.45) is 0. The molecule has 2 nitrogen and oxygen atoms in total. The molecule has 116 valence electrons. The Morgan fingerprint density at radius 2 is 1.61 bits per heavy atom. The van der Waals surface area contributed by atoms with Crippen LogP contribution in [0, 0.1) is 6.92 Å². The fourth-order valence-electron chi connectivity index (χ4n) is 2.71. The summed E-state index contributed by atoms with van der Waals surface area (Å²) in [5.74, 6) is 0. The van der Waals surface area contributed by atoms with Crippen LogP contribution in [0.1, 0.15) is 24.1 Å². The predicted octanol–water partition coefficient (Wildman–Crippen LogP) is 5.20. The molecule has 2 N–H and O–H groups in total. The number of hydrogen-bond acceptors (Lipinski definition) is 1. The van der Waals surface area contributed by atoms with Crippen LogP contribution in [0.15, 0.2) is 66.7 Å². The first-order valence-electron chi connectivity index (χ1n) is 7.75. The highest BCUT2D eigenvalue weighted by Gasteiger charge is 2.10. The lowest BCUT2D eigenvalue weighted by atomic mass is 10.00. The molecule has 0 heterocycles. The van der Waals surface area contributed by atoms with Gasteiger partial charge in [0.15, 0.2) is 5.11 Å². The minimum Gasteiger partial charge on any atom is -0.356 e. The Kier molecular flexibility index (Phi) is 4.58. The zero-order valence-electron chi connectivity index (χ0n) is 13.3. The number of thiocarbonyl (C=S) groups is 1. The van der Waals surface area contributed by atoms with Crippen LogP contribution in [0.5, 0.6) is 0 Å². The van der Waals surface area contributed by atoms with Gasteiger partial charge in [-0.3, -0.25) is 0 Å². The van der Waals surface area contributed by atoms with Crippen molar-refractivity contribution in [2.75, 3.05) is 5.32 Å². The third-order valence-electron chi connectivity index (χ3n) is 3.95. The van der Waals surface area contributed by atoms with E-state index in [9.17, 15) is 0 Å². The Morgan fingerprint density at radius 3 is 2.39 bits per heavy atom. The van der Waals surface area contributed by atoms with Gasteiger partial charge in [0, 0.05) is 5.69 Å². The minimum atomic E-state index is 0.131. The zero-order chi connectivity index (χ0) is 16.2. The van der Waals surface area contributed by atoms with E-state index < -0.39 is 0 Å². The third-order valence-corrected chi connectivity index (χ3v) is 4.17. The Morgan fingerprint density at radius 1 is 0.913 bits per heavy atom. The largest absolute Gasteiger partial charge is 0.356 e. The molecule has 0 spiro atoms. The zero-order valence-corrected chi connectivity index (χ0v) is 14.2. The summed E-state index contributed by atoms with van der Waals surface area (Å²) in [6.45, 7) is 4.20. The van der Waals surface area contributed by atoms with E-state index in [4.69, 9.17) is 12.2 Å². The van der Waals surface area contributed by atoms with Crippen LogP contribution in [0.25, 0.3) is 10.8 Å². The second-order valence-electron chi connectivity index (χ2n) is 5.75. The molecule has 3 aromatic rings. The standard InChI is InChI=1S/C20H20N2S/c1-14-10-12-17(13-11-14)22-20(23)21-15(2)18-9-5-7-16-6-3-4-8-19(16)18/h3-13,15H,1-2H3,(H2,21,22,23)/t15-/m0/s1. The summed E-state index contributed by atoms with van der Waals surface area (Å²) in [5, 5.41) is 9.75. The van der Waals surface area contributed by atoms with Gasteiger partial charge in [-0.15, -0.1) is 0 Å². The molecule has 3 aromatic carbocycles. The number of nitrogens with one attached hydrogen (secondary N) is 2. The summed E-state index contributed by atoms with van der Waals surface area (Å²) in [6, 6.07) is 23.1. The van der Waals surface area contributed by atoms with Gasteiger partial charge in [-0.1, -0.05) is 60.2 Å². The van der Waals surface area contributed by atoms with Gasteiger partial charge in [0.25, 0.3) is 0 Å². The monoisotopic (exact) mass is 320 g/mol. The molecule has 0 saturated carbocycles. The van der Waals surface area contributed by atoms with E-state index in [1.54, 1.807) is 0 Å². The van der Waals surface area contributed by atoms with E-state index in [1.165, 1.54) is 21.9 Å². The first-order chi connectivity index (χ1) is 11.1. The summed E-state index contributed by atoms with van der Waals surface area (Å²) in [4.78, 5) is 0. The van der Waals surface area contributed by atoms with Crippen molar-refractivity contribution < 1.29 is 0 Å². The Balaban J connectivity index is 1.74. The van der Waals surface area contributed by atoms with E-state index >= 15 is 0 Å². The molecule has 0 bridgehead atoms. The van der Waals surface area contributed by atoms with Crippen LogP contribution < -0.4 is 10.6 Å². The number of fused-ring (bicyclic) bond motifs is 1. The molecule has 3 heteroatoms. The second-order valence-corrected chi connectivity index (χ2v) is 6.16. The number of benzene rings is 3. The van der Waals surface area contributed by atoms with Gasteiger partial charge < -0.3 is 10.6 Å². The quantitative estimate of drug-likeness (QED) is 0.649. The molecule has 0 saturated heterocycles. The van der Waals surface area contributed by atoms with E-state index in [2.05, 4.69) is 79.1 Å². The normalized spacial score (nSPS) is 11.9. The molecule has 23 heavy (non-hydrogen) atoms. The Bertz CT molecular complexity index is 819. The van der Waals surface area contributed by atoms with Crippen molar-refractivity contribution >= 4 is 33.8 Å². The van der Waals surface area contributed by atoms with Crippen molar-refractivity contribution in [3.8, 4) is 0 Å². The second kappa shape index (κ2) is 6.80. The lowest BCUT2D eigenvalue weighted by molar-refractivity contribution is 0.729. The van der Waals surface area contributed by atoms with Gasteiger partial charge in [-0.05, 0) is 54.5 Å². The average Bonchev–Trinajstić information content (AvgIpc) is 2.56. The molecule has 0 radical (unpaired) electrons. The molecule has 0 aliphatic rings. The van der Waals surface area contributed by atoms with E-state index in [1.807, 2.05) is 12.1 Å². The lowest BCUT2D eigenvalue weighted by Crippen LogP contribution is -2.30. The summed E-state index contributed by atoms with van der Waals surface area (Å²) in [5.41, 5.74) is 3.48. The molecule has 0 aliphatic heterocycles. The molecular formula is C20H20N2S. The van der Waals surface area contributed by atoms with Crippen LogP contribution in [0.4, 0.5) is 5.69 Å². The van der Waals surface area contributed by atoms with Crippen LogP contribution >= 0.6 is 12.2 Å². The summed E-state index contributed by atoms with van der Waals surface area (Å²) < 4.78 is 0. The number of hydrogen-bond donors (Lipinski definition) is 2. The fourth-order valence-corrected chi connectivity index (χ4v) is 3.00. The predicted molar refractivity (Wildman–Crippen MR) is 103 cm³/mol. The van der Waals surface area contributed by atoms with Gasteiger partial charge in [0.05, 0.1) is 6.04 Å². The topological polar surface area (TPSA) is 24.1 Å². The van der Waals surface area contributed by atoms with Crippen molar-refractivity contribution in [2.45, 2.75) is 19.9 Å². The molecule has 0 aliphatic carbocycles. The molecule has 1 atom stereocenters. The van der Waals surface area contributed by atoms with Gasteiger partial charge in [-0.2, -0.15) is 0 Å². The van der Waals surface area contributed by atoms with Crippen molar-refractivity contribution in [1.29, 1.82) is 0 Å². The van der Waals surface area contributed by atoms with Crippen molar-refractivity contribution in [2.24, 2.45) is 0 Å². The van der Waals surface area contributed by atoms with E-state index in [-0.39, 0.29) is 6.04 Å². The summed E-state index contributed by atoms with van der Waals surface area (Å²) >= 11 is 5.45. The smallest absolute Gasteiger partial charge is 0.171 e. The number of rotatable bonds is 3. The maximum absolute atomic E-state index is 5.45. The van der Waals surface area contributed by atoms with Gasteiger partial charge in [0.2, 0.25) is 0 Å². The van der Waals surface area contributed by atoms with Crippen LogP contribution in [-0.2, 0) is 0 Å². The molecule has 3 rings (SSSR count). The van der Waals surface area contributed by atoms with Crippen molar-refractivity contribution in [3.63, 3.8) is 0 Å². The average molecular weight is 320 g/mol. The van der Waals surface area contributed by atoms with Gasteiger partial charge >= 0.3 is 0 Å². The first-order valence-corrected chi connectivity index (χ1v) is 8.16. The molecule has 0 amide bonds. The highest BCUT2D eigenvalue weighted by molar-refractivity contribution is 7.80. The molecule has 0 unspecified atom stereocenters. The van der Waals surface area contributed by atoms with Crippen molar-refractivity contribution in [1.82, 2.24) is 5.32 Å². The Labute approximate surface area is 142 Å². The molecule has 0 fully saturated rings. The highest BCUT2D eigenvalue weighted by atomic mass is 32.1. The SMILES string of the molecule is Cc1ccc(NC(=S)N[C@@H](C)c2cccc3ccccc23)cc1. The third kappa shape index (κ3) is 3.69. The number of aryl methyl sites for hydroxylation is 1. The maximum Gasteiger partial charge on any atom is 0.171 e. The van der Waals surface area contributed by atoms with Crippen LogP contribution in [0.3, 0.4) is 0 Å². The van der Waals surface area contributed by atoms with E-state index in [0.29, 0.717) is 5.11 Å². The van der Waals surface area contributed by atoms with Crippen molar-refractivity contribution in [3.05, 3.63) is 77.9 Å². The molecular weight excluding hydrogens is 300 g/mol. The minimum absolute atomic E-state index is 0.131. The number of anilines is 1. The van der Waals surface area contributed by atoms with Gasteiger partial charge in [0.1, 0.15) is 0 Å². The molecule has 0 aromatic heterocycles. The van der Waals surface area contributed by atoms with E-state index in [0.717, 1.165) is 5.69 Å². The van der Waals surface area contributed by atoms with Crippen LogP contribution in [0.2, 0.25) is 0 Å². The first kappa shape index (κ1) is 15.5. The van der Waals surface area contributed by atoms with Crippen LogP contribution in [-0.4, -0.2) is 5.11 Å². The highest BCUT2D eigenvalue weighted by Crippen LogP contribution is 2.24.